The largest absolute Gasteiger partial charge is 0.507 e. The molecule has 0 saturated heterocycles. The summed E-state index contributed by atoms with van der Waals surface area (Å²) in [5, 5.41) is 13.7. The van der Waals surface area contributed by atoms with Crippen LogP contribution in [0.1, 0.15) is 26.4 Å². The molecule has 3 N–H and O–H groups in total. The predicted octanol–water partition coefficient (Wildman–Crippen LogP) is 2.10. The lowest BCUT2D eigenvalue weighted by Crippen LogP contribution is -2.41. The fraction of sp³-hybridized carbons (Fsp3) is 0.0556. The van der Waals surface area contributed by atoms with E-state index in [1.165, 1.54) is 35.1 Å². The van der Waals surface area contributed by atoms with Gasteiger partial charge in [-0.15, -0.1) is 0 Å². The van der Waals surface area contributed by atoms with E-state index in [4.69, 9.17) is 0 Å². The van der Waals surface area contributed by atoms with Gasteiger partial charge in [0.25, 0.3) is 11.8 Å². The van der Waals surface area contributed by atoms with Crippen molar-refractivity contribution in [3.63, 3.8) is 0 Å². The first-order valence-electron chi connectivity index (χ1n) is 7.67. The first kappa shape index (κ1) is 17.2. The number of carbonyl (C=O) groups is 2. The van der Waals surface area contributed by atoms with E-state index in [0.717, 1.165) is 0 Å². The molecule has 0 unspecified atom stereocenters. The van der Waals surface area contributed by atoms with E-state index in [1.54, 1.807) is 31.2 Å². The van der Waals surface area contributed by atoms with Crippen molar-refractivity contribution in [3.05, 3.63) is 77.4 Å². The molecule has 3 rings (SSSR count). The Labute approximate surface area is 148 Å². The number of rotatable bonds is 3. The Kier molecular flexibility index (Phi) is 4.66. The van der Waals surface area contributed by atoms with Crippen molar-refractivity contribution in [1.82, 2.24) is 20.6 Å². The van der Waals surface area contributed by atoms with Gasteiger partial charge in [0.15, 0.2) is 0 Å². The van der Waals surface area contributed by atoms with E-state index >= 15 is 0 Å². The van der Waals surface area contributed by atoms with Crippen LogP contribution in [0.25, 0.3) is 5.69 Å². The third kappa shape index (κ3) is 3.25. The number of hydrazine groups is 1. The van der Waals surface area contributed by atoms with Gasteiger partial charge in [-0.3, -0.25) is 20.4 Å². The summed E-state index contributed by atoms with van der Waals surface area (Å²) in [4.78, 5) is 24.3. The second-order valence-corrected chi connectivity index (χ2v) is 5.43. The molecule has 0 fully saturated rings. The van der Waals surface area contributed by atoms with Crippen LogP contribution in [0.4, 0.5) is 4.39 Å². The number of carbonyl (C=O) groups excluding carboxylic acids is 2. The summed E-state index contributed by atoms with van der Waals surface area (Å²) in [7, 11) is 0. The number of phenols is 1. The predicted molar refractivity (Wildman–Crippen MR) is 91.3 cm³/mol. The number of benzene rings is 2. The molecule has 1 heterocycles. The third-order valence-corrected chi connectivity index (χ3v) is 3.77. The van der Waals surface area contributed by atoms with Gasteiger partial charge in [0.05, 0.1) is 23.0 Å². The van der Waals surface area contributed by atoms with Gasteiger partial charge in [0.2, 0.25) is 0 Å². The lowest BCUT2D eigenvalue weighted by atomic mass is 10.2. The Hall–Kier alpha value is -3.68. The van der Waals surface area contributed by atoms with E-state index in [1.807, 2.05) is 0 Å². The van der Waals surface area contributed by atoms with Crippen LogP contribution in [-0.2, 0) is 0 Å². The minimum absolute atomic E-state index is 0.0200. The summed E-state index contributed by atoms with van der Waals surface area (Å²) in [5.41, 5.74) is 5.27. The average Bonchev–Trinajstić information content (AvgIpc) is 3.01. The van der Waals surface area contributed by atoms with Crippen LogP contribution in [0.5, 0.6) is 5.75 Å². The van der Waals surface area contributed by atoms with Crippen molar-refractivity contribution in [2.24, 2.45) is 0 Å². The van der Waals surface area contributed by atoms with E-state index in [9.17, 15) is 19.1 Å². The molecule has 0 saturated carbocycles. The van der Waals surface area contributed by atoms with Crippen LogP contribution < -0.4 is 10.9 Å². The molecule has 2 aromatic carbocycles. The molecule has 2 amide bonds. The highest BCUT2D eigenvalue weighted by molar-refractivity contribution is 6.00. The zero-order valence-corrected chi connectivity index (χ0v) is 13.7. The number of hydrogen-bond acceptors (Lipinski definition) is 4. The lowest BCUT2D eigenvalue weighted by Gasteiger charge is -2.09. The number of para-hydroxylation sites is 2. The summed E-state index contributed by atoms with van der Waals surface area (Å²) >= 11 is 0. The maximum atomic E-state index is 13.9. The summed E-state index contributed by atoms with van der Waals surface area (Å²) in [6.45, 7) is 1.61. The van der Waals surface area contributed by atoms with Gasteiger partial charge in [-0.05, 0) is 31.2 Å². The van der Waals surface area contributed by atoms with Crippen LogP contribution in [-0.4, -0.2) is 26.7 Å². The quantitative estimate of drug-likeness (QED) is 0.628. The van der Waals surface area contributed by atoms with Gasteiger partial charge in [-0.2, -0.15) is 5.10 Å². The van der Waals surface area contributed by atoms with Crippen LogP contribution in [0, 0.1) is 12.7 Å². The molecule has 0 aliphatic carbocycles. The average molecular weight is 354 g/mol. The molecule has 0 aliphatic rings. The summed E-state index contributed by atoms with van der Waals surface area (Å²) in [5.74, 6) is -1.97. The number of amides is 2. The van der Waals surface area contributed by atoms with Crippen molar-refractivity contribution >= 4 is 11.8 Å². The van der Waals surface area contributed by atoms with Crippen molar-refractivity contribution in [2.45, 2.75) is 6.92 Å². The van der Waals surface area contributed by atoms with Gasteiger partial charge in [-0.25, -0.2) is 9.07 Å². The Morgan fingerprint density at radius 2 is 1.62 bits per heavy atom. The van der Waals surface area contributed by atoms with Gasteiger partial charge >= 0.3 is 0 Å². The molecule has 3 aromatic rings. The second kappa shape index (κ2) is 7.06. The van der Waals surface area contributed by atoms with Crippen molar-refractivity contribution in [2.75, 3.05) is 0 Å². The van der Waals surface area contributed by atoms with Crippen LogP contribution in [0.2, 0.25) is 0 Å². The van der Waals surface area contributed by atoms with E-state index < -0.39 is 17.6 Å². The van der Waals surface area contributed by atoms with Crippen LogP contribution in [0.3, 0.4) is 0 Å². The molecule has 0 spiro atoms. The molecule has 0 radical (unpaired) electrons. The first-order valence-corrected chi connectivity index (χ1v) is 7.67. The summed E-state index contributed by atoms with van der Waals surface area (Å²) in [6.07, 6.45) is 1.28. The Morgan fingerprint density at radius 3 is 2.31 bits per heavy atom. The standard InChI is InChI=1S/C18H15FN4O3/c1-11-13(10-20-23(11)15-8-4-3-7-14(15)19)18(26)22-21-17(25)12-6-2-5-9-16(12)24/h2-10,24H,1H3,(H,21,25)(H,22,26). The molecule has 0 bridgehead atoms. The smallest absolute Gasteiger partial charge is 0.273 e. The molecule has 132 valence electrons. The molecular weight excluding hydrogens is 339 g/mol. The molecule has 26 heavy (non-hydrogen) atoms. The topological polar surface area (TPSA) is 96.2 Å². The highest BCUT2D eigenvalue weighted by Gasteiger charge is 2.18. The number of aromatic hydroxyl groups is 1. The SMILES string of the molecule is Cc1c(C(=O)NNC(=O)c2ccccc2O)cnn1-c1ccccc1F. The van der Waals surface area contributed by atoms with E-state index in [-0.39, 0.29) is 22.6 Å². The van der Waals surface area contributed by atoms with Gasteiger partial charge in [-0.1, -0.05) is 24.3 Å². The maximum absolute atomic E-state index is 13.9. The van der Waals surface area contributed by atoms with Gasteiger partial charge in [0, 0.05) is 0 Å². The second-order valence-electron chi connectivity index (χ2n) is 5.43. The number of halogens is 1. The fourth-order valence-electron chi connectivity index (χ4n) is 2.41. The van der Waals surface area contributed by atoms with Gasteiger partial charge < -0.3 is 5.11 Å². The van der Waals surface area contributed by atoms with Crippen molar-refractivity contribution in [1.29, 1.82) is 0 Å². The third-order valence-electron chi connectivity index (χ3n) is 3.77. The minimum Gasteiger partial charge on any atom is -0.507 e. The Bertz CT molecular complexity index is 984. The highest BCUT2D eigenvalue weighted by Crippen LogP contribution is 2.17. The monoisotopic (exact) mass is 354 g/mol. The van der Waals surface area contributed by atoms with Crippen LogP contribution >= 0.6 is 0 Å². The van der Waals surface area contributed by atoms with E-state index in [2.05, 4.69) is 16.0 Å². The molecule has 8 heteroatoms. The van der Waals surface area contributed by atoms with E-state index in [0.29, 0.717) is 5.69 Å². The normalized spacial score (nSPS) is 10.4. The molecule has 0 aliphatic heterocycles. The number of phenolic OH excluding ortho intramolecular Hbond substituents is 1. The number of nitrogens with zero attached hydrogens (tertiary/aromatic N) is 2. The summed E-state index contributed by atoms with van der Waals surface area (Å²) in [6, 6.07) is 12.0. The van der Waals surface area contributed by atoms with Crippen molar-refractivity contribution in [3.8, 4) is 11.4 Å². The fourth-order valence-corrected chi connectivity index (χ4v) is 2.41. The molecular formula is C18H15FN4O3. The zero-order chi connectivity index (χ0) is 18.7. The first-order chi connectivity index (χ1) is 12.5. The van der Waals surface area contributed by atoms with Crippen LogP contribution in [0.15, 0.2) is 54.7 Å². The minimum atomic E-state index is -0.671. The number of nitrogens with one attached hydrogen (secondary N) is 2. The summed E-state index contributed by atoms with van der Waals surface area (Å²) < 4.78 is 15.2. The lowest BCUT2D eigenvalue weighted by molar-refractivity contribution is 0.0844. The molecule has 1 aromatic heterocycles. The molecule has 7 nitrogen and oxygen atoms in total. The number of hydrogen-bond donors (Lipinski definition) is 3. The zero-order valence-electron chi connectivity index (χ0n) is 13.7. The molecule has 0 atom stereocenters. The number of aromatic nitrogens is 2. The highest BCUT2D eigenvalue weighted by atomic mass is 19.1. The van der Waals surface area contributed by atoms with Gasteiger partial charge in [0.1, 0.15) is 17.3 Å². The Morgan fingerprint density at radius 1 is 1.00 bits per heavy atom. The van der Waals surface area contributed by atoms with Crippen molar-refractivity contribution < 1.29 is 19.1 Å². The Balaban J connectivity index is 1.74. The maximum Gasteiger partial charge on any atom is 0.273 e.